The molecule has 0 N–H and O–H groups in total. The molecular weight excluding hydrogens is 299 g/mol. The van der Waals surface area contributed by atoms with Crippen molar-refractivity contribution >= 4 is 11.1 Å². The largest absolute Gasteiger partial charge is 0.205 e. The fraction of sp³-hybridized carbons (Fsp3) is 0.211. The summed E-state index contributed by atoms with van der Waals surface area (Å²) in [6, 6.07) is 1.62. The van der Waals surface area contributed by atoms with E-state index in [4.69, 9.17) is 0 Å². The van der Waals surface area contributed by atoms with Crippen LogP contribution in [0.2, 0.25) is 0 Å². The van der Waals surface area contributed by atoms with Crippen LogP contribution >= 0.6 is 0 Å². The van der Waals surface area contributed by atoms with Crippen molar-refractivity contribution in [3.63, 3.8) is 0 Å². The minimum absolute atomic E-state index is 0.110. The van der Waals surface area contributed by atoms with E-state index < -0.39 is 23.0 Å². The van der Waals surface area contributed by atoms with Crippen LogP contribution in [-0.2, 0) is 0 Å². The van der Waals surface area contributed by atoms with Crippen molar-refractivity contribution in [2.75, 3.05) is 0 Å². The zero-order valence-electron chi connectivity index (χ0n) is 12.4. The molecule has 0 bridgehead atoms. The normalized spacial score (nSPS) is 16.8. The molecule has 1 aromatic carbocycles. The van der Waals surface area contributed by atoms with Crippen molar-refractivity contribution in [1.29, 1.82) is 5.26 Å². The molecule has 0 heterocycles. The van der Waals surface area contributed by atoms with Gasteiger partial charge in [-0.25, -0.2) is 13.2 Å². The standard InChI is InChI=1S/C19H14F3N/c20-17-14(11-23)15(12-7-3-1-4-8-12)18(21)16(19(17)22)13-9-5-2-6-10-13/h1-3,5,7,9H,4,6,8,10H2. The molecule has 23 heavy (non-hydrogen) atoms. The molecule has 0 fully saturated rings. The third-order valence-electron chi connectivity index (χ3n) is 4.10. The minimum Gasteiger partial charge on any atom is -0.205 e. The number of nitriles is 1. The smallest absolute Gasteiger partial charge is 0.178 e. The van der Waals surface area contributed by atoms with Crippen molar-refractivity contribution < 1.29 is 13.2 Å². The minimum atomic E-state index is -1.28. The summed E-state index contributed by atoms with van der Waals surface area (Å²) in [5.74, 6) is -3.40. The van der Waals surface area contributed by atoms with E-state index in [0.717, 1.165) is 0 Å². The Morgan fingerprint density at radius 3 is 1.83 bits per heavy atom. The van der Waals surface area contributed by atoms with Gasteiger partial charge in [0.05, 0.1) is 5.56 Å². The highest BCUT2D eigenvalue weighted by atomic mass is 19.2. The van der Waals surface area contributed by atoms with Gasteiger partial charge >= 0.3 is 0 Å². The van der Waals surface area contributed by atoms with Crippen LogP contribution in [-0.4, -0.2) is 0 Å². The van der Waals surface area contributed by atoms with Gasteiger partial charge in [0, 0.05) is 5.56 Å². The van der Waals surface area contributed by atoms with E-state index in [0.29, 0.717) is 36.8 Å². The number of allylic oxidation sites excluding steroid dienone is 8. The van der Waals surface area contributed by atoms with Crippen LogP contribution in [0.5, 0.6) is 0 Å². The van der Waals surface area contributed by atoms with Gasteiger partial charge in [0.25, 0.3) is 0 Å². The molecule has 0 amide bonds. The predicted octanol–water partition coefficient (Wildman–Crippen LogP) is 5.44. The Morgan fingerprint density at radius 2 is 1.35 bits per heavy atom. The van der Waals surface area contributed by atoms with Crippen molar-refractivity contribution in [3.05, 3.63) is 70.6 Å². The van der Waals surface area contributed by atoms with Crippen LogP contribution in [0.1, 0.15) is 42.4 Å². The number of halogens is 3. The third-order valence-corrected chi connectivity index (χ3v) is 4.10. The van der Waals surface area contributed by atoms with Crippen LogP contribution in [0.15, 0.2) is 36.5 Å². The molecule has 0 aliphatic heterocycles. The highest BCUT2D eigenvalue weighted by Crippen LogP contribution is 2.37. The van der Waals surface area contributed by atoms with Gasteiger partial charge in [-0.3, -0.25) is 0 Å². The predicted molar refractivity (Wildman–Crippen MR) is 83.7 cm³/mol. The van der Waals surface area contributed by atoms with E-state index in [1.165, 1.54) is 0 Å². The van der Waals surface area contributed by atoms with E-state index in [-0.39, 0.29) is 11.1 Å². The molecule has 1 aromatic rings. The highest BCUT2D eigenvalue weighted by molar-refractivity contribution is 5.79. The second-order valence-corrected chi connectivity index (χ2v) is 5.50. The van der Waals surface area contributed by atoms with Crippen molar-refractivity contribution in [3.8, 4) is 6.07 Å². The summed E-state index contributed by atoms with van der Waals surface area (Å²) < 4.78 is 43.8. The summed E-state index contributed by atoms with van der Waals surface area (Å²) in [6.07, 6.45) is 12.7. The number of nitrogens with zero attached hydrogens (tertiary/aromatic N) is 1. The first-order chi connectivity index (χ1) is 11.1. The van der Waals surface area contributed by atoms with Crippen molar-refractivity contribution in [1.82, 2.24) is 0 Å². The average Bonchev–Trinajstić information content (AvgIpc) is 2.59. The summed E-state index contributed by atoms with van der Waals surface area (Å²) in [5.41, 5.74) is -0.0810. The number of hydrogen-bond acceptors (Lipinski definition) is 1. The van der Waals surface area contributed by atoms with Crippen molar-refractivity contribution in [2.24, 2.45) is 0 Å². The maximum Gasteiger partial charge on any atom is 0.178 e. The molecule has 0 aromatic heterocycles. The lowest BCUT2D eigenvalue weighted by atomic mass is 9.87. The molecule has 0 unspecified atom stereocenters. The molecule has 1 nitrogen and oxygen atoms in total. The van der Waals surface area contributed by atoms with Crippen LogP contribution in [0.3, 0.4) is 0 Å². The lowest BCUT2D eigenvalue weighted by Gasteiger charge is -2.18. The molecule has 3 rings (SSSR count). The van der Waals surface area contributed by atoms with Crippen LogP contribution in [0, 0.1) is 28.8 Å². The first-order valence-corrected chi connectivity index (χ1v) is 7.47. The van der Waals surface area contributed by atoms with Crippen LogP contribution < -0.4 is 0 Å². The maximum atomic E-state index is 15.0. The Bertz CT molecular complexity index is 820. The maximum absolute atomic E-state index is 15.0. The highest BCUT2D eigenvalue weighted by Gasteiger charge is 2.28. The number of rotatable bonds is 2. The second kappa shape index (κ2) is 6.29. The van der Waals surface area contributed by atoms with E-state index >= 15 is 4.39 Å². The topological polar surface area (TPSA) is 23.8 Å². The Kier molecular flexibility index (Phi) is 4.20. The van der Waals surface area contributed by atoms with Gasteiger partial charge in [-0.1, -0.05) is 36.5 Å². The average molecular weight is 313 g/mol. The third kappa shape index (κ3) is 2.63. The van der Waals surface area contributed by atoms with Gasteiger partial charge in [0.15, 0.2) is 11.6 Å². The Morgan fingerprint density at radius 1 is 0.783 bits per heavy atom. The molecule has 0 saturated heterocycles. The lowest BCUT2D eigenvalue weighted by molar-refractivity contribution is 0.487. The van der Waals surface area contributed by atoms with E-state index in [1.807, 2.05) is 12.2 Å². The first-order valence-electron chi connectivity index (χ1n) is 7.47. The second-order valence-electron chi connectivity index (χ2n) is 5.50. The molecule has 0 saturated carbocycles. The molecule has 2 aliphatic rings. The van der Waals surface area contributed by atoms with Gasteiger partial charge in [-0.05, 0) is 36.8 Å². The van der Waals surface area contributed by atoms with E-state index in [2.05, 4.69) is 0 Å². The zero-order chi connectivity index (χ0) is 16.4. The monoisotopic (exact) mass is 313 g/mol. The summed E-state index contributed by atoms with van der Waals surface area (Å²) >= 11 is 0. The molecule has 0 atom stereocenters. The van der Waals surface area contributed by atoms with Crippen molar-refractivity contribution in [2.45, 2.75) is 25.7 Å². The molecule has 2 aliphatic carbocycles. The summed E-state index contributed by atoms with van der Waals surface area (Å²) in [4.78, 5) is 0. The summed E-state index contributed by atoms with van der Waals surface area (Å²) in [7, 11) is 0. The zero-order valence-corrected chi connectivity index (χ0v) is 12.4. The molecular formula is C19H14F3N. The van der Waals surface area contributed by atoms with Gasteiger partial charge in [-0.2, -0.15) is 5.26 Å². The fourth-order valence-electron chi connectivity index (χ4n) is 2.97. The van der Waals surface area contributed by atoms with E-state index in [9.17, 15) is 14.0 Å². The van der Waals surface area contributed by atoms with Gasteiger partial charge in [0.1, 0.15) is 17.4 Å². The fourth-order valence-corrected chi connectivity index (χ4v) is 2.97. The SMILES string of the molecule is N#Cc1c(F)c(F)c(C2=CC=CCC2)c(F)c1C1=CC=CCC1. The van der Waals surface area contributed by atoms with Gasteiger partial charge in [-0.15, -0.1) is 0 Å². The lowest BCUT2D eigenvalue weighted by Crippen LogP contribution is -2.09. The molecule has 4 heteroatoms. The molecule has 0 radical (unpaired) electrons. The van der Waals surface area contributed by atoms with Gasteiger partial charge < -0.3 is 0 Å². The quantitative estimate of drug-likeness (QED) is 0.667. The van der Waals surface area contributed by atoms with Crippen LogP contribution in [0.25, 0.3) is 11.1 Å². The van der Waals surface area contributed by atoms with E-state index in [1.54, 1.807) is 30.4 Å². The summed E-state index contributed by atoms with van der Waals surface area (Å²) in [6.45, 7) is 0. The Balaban J connectivity index is 2.31. The first kappa shape index (κ1) is 15.4. The number of benzene rings is 1. The Hall–Kier alpha value is -2.54. The molecule has 0 spiro atoms. The number of hydrogen-bond donors (Lipinski definition) is 0. The summed E-state index contributed by atoms with van der Waals surface area (Å²) in [5, 5.41) is 9.19. The van der Waals surface area contributed by atoms with Gasteiger partial charge in [0.2, 0.25) is 0 Å². The Labute approximate surface area is 132 Å². The molecule has 116 valence electrons. The van der Waals surface area contributed by atoms with Crippen LogP contribution in [0.4, 0.5) is 13.2 Å².